The molecule has 9 heteroatoms. The smallest absolute Gasteiger partial charge is 0.335 e. The molecule has 1 heterocycles. The van der Waals surface area contributed by atoms with Crippen molar-refractivity contribution in [3.63, 3.8) is 0 Å². The van der Waals surface area contributed by atoms with Gasteiger partial charge in [0.1, 0.15) is 0 Å². The summed E-state index contributed by atoms with van der Waals surface area (Å²) in [6.45, 7) is 2.16. The highest BCUT2D eigenvalue weighted by molar-refractivity contribution is 7.51. The molecule has 2 amide bonds. The van der Waals surface area contributed by atoms with Crippen LogP contribution in [0.5, 0.6) is 0 Å². The number of aryl methyl sites for hydroxylation is 1. The Morgan fingerprint density at radius 2 is 1.71 bits per heavy atom. The van der Waals surface area contributed by atoms with Gasteiger partial charge in [0.2, 0.25) is 0 Å². The maximum Gasteiger partial charge on any atom is 0.335 e. The predicted molar refractivity (Wildman–Crippen MR) is 114 cm³/mol. The number of hydrogen-bond acceptors (Lipinski definition) is 4. The summed E-state index contributed by atoms with van der Waals surface area (Å²) in [6.07, 6.45) is 1.90. The van der Waals surface area contributed by atoms with Crippen molar-refractivity contribution in [3.8, 4) is 0 Å². The summed E-state index contributed by atoms with van der Waals surface area (Å²) < 4.78 is 16.6. The minimum absolute atomic E-state index is 0.0314. The van der Waals surface area contributed by atoms with Crippen LogP contribution in [-0.4, -0.2) is 46.0 Å². The summed E-state index contributed by atoms with van der Waals surface area (Å²) >= 11 is 11.3. The first kappa shape index (κ1) is 22.2. The van der Waals surface area contributed by atoms with E-state index in [9.17, 15) is 4.79 Å². The van der Waals surface area contributed by atoms with Crippen LogP contribution in [0, 0.1) is 0 Å². The lowest BCUT2D eigenvalue weighted by Crippen LogP contribution is -2.32. The molecule has 0 aromatic heterocycles. The lowest BCUT2D eigenvalue weighted by molar-refractivity contribution is 0.220. The van der Waals surface area contributed by atoms with Gasteiger partial charge < -0.3 is 10.2 Å². The maximum atomic E-state index is 12.6. The van der Waals surface area contributed by atoms with Crippen LogP contribution in [0.4, 0.5) is 16.2 Å². The molecule has 1 fully saturated rings. The Bertz CT molecular complexity index is 843. The molecule has 1 saturated heterocycles. The fourth-order valence-corrected chi connectivity index (χ4v) is 3.29. The van der Waals surface area contributed by atoms with Gasteiger partial charge in [0, 0.05) is 38.1 Å². The first-order valence-corrected chi connectivity index (χ1v) is 10.1. The van der Waals surface area contributed by atoms with E-state index in [1.54, 1.807) is 17.0 Å². The van der Waals surface area contributed by atoms with E-state index in [1.807, 2.05) is 18.0 Å². The van der Waals surface area contributed by atoms with Crippen molar-refractivity contribution in [2.45, 2.75) is 12.8 Å². The fraction of sp³-hybridized carbons (Fsp3) is 0.316. The zero-order valence-corrected chi connectivity index (χ0v) is 17.7. The Morgan fingerprint density at radius 1 is 1.04 bits per heavy atom. The second-order valence-electron chi connectivity index (χ2n) is 6.14. The molecule has 0 radical (unpaired) electrons. The van der Waals surface area contributed by atoms with Gasteiger partial charge in [-0.1, -0.05) is 35.3 Å². The summed E-state index contributed by atoms with van der Waals surface area (Å²) in [4.78, 5) is 16.2. The number of nitrogens with zero attached hydrogens (tertiary/aromatic N) is 2. The topological polar surface area (TPSA) is 69.7 Å². The van der Waals surface area contributed by atoms with E-state index in [-0.39, 0.29) is 6.03 Å². The van der Waals surface area contributed by atoms with E-state index in [4.69, 9.17) is 31.6 Å². The number of carbonyl (C=O) groups is 1. The molecule has 2 aromatic carbocycles. The number of hydrogen-bond donors (Lipinski definition) is 1. The van der Waals surface area contributed by atoms with Gasteiger partial charge in [-0.15, -0.1) is 0 Å². The Kier molecular flexibility index (Phi) is 8.76. The van der Waals surface area contributed by atoms with Crippen LogP contribution in [0.1, 0.15) is 12.0 Å². The maximum absolute atomic E-state index is 12.6. The van der Waals surface area contributed by atoms with Crippen molar-refractivity contribution in [2.75, 3.05) is 36.9 Å². The molecule has 1 aliphatic rings. The molecule has 0 unspecified atom stereocenters. The number of amides is 2. The molecule has 0 spiro atoms. The Labute approximate surface area is 178 Å². The van der Waals surface area contributed by atoms with Crippen LogP contribution >= 0.6 is 23.2 Å². The van der Waals surface area contributed by atoms with Crippen molar-refractivity contribution in [1.29, 1.82) is 0 Å². The van der Waals surface area contributed by atoms with Crippen molar-refractivity contribution in [1.82, 2.24) is 4.90 Å². The molecule has 0 saturated carbocycles. The quantitative estimate of drug-likeness (QED) is 0.727. The second kappa shape index (κ2) is 11.0. The summed E-state index contributed by atoms with van der Waals surface area (Å²) in [5.74, 6) is 0. The molecule has 2 aromatic rings. The number of nitrogens with one attached hydrogen (secondary N) is 1. The van der Waals surface area contributed by atoms with E-state index < -0.39 is 11.6 Å². The second-order valence-corrected chi connectivity index (χ2v) is 7.09. The highest BCUT2D eigenvalue weighted by Crippen LogP contribution is 2.29. The van der Waals surface area contributed by atoms with Crippen molar-refractivity contribution in [2.24, 2.45) is 0 Å². The first-order valence-electron chi connectivity index (χ1n) is 8.70. The molecule has 1 N–H and O–H groups in total. The van der Waals surface area contributed by atoms with E-state index in [1.165, 1.54) is 5.56 Å². The van der Waals surface area contributed by atoms with Gasteiger partial charge in [-0.3, -0.25) is 4.90 Å². The average molecular weight is 442 g/mol. The van der Waals surface area contributed by atoms with Crippen LogP contribution in [0.2, 0.25) is 10.0 Å². The molecule has 0 atom stereocenters. The van der Waals surface area contributed by atoms with Crippen molar-refractivity contribution >= 4 is 52.2 Å². The SMILES string of the molecule is CNc1ccc(CCCN2CCN(c3ccc(Cl)c(Cl)c3)C2=O)cc1.O=S=O. The van der Waals surface area contributed by atoms with Crippen LogP contribution in [0.3, 0.4) is 0 Å². The van der Waals surface area contributed by atoms with Gasteiger partial charge in [-0.05, 0) is 48.7 Å². The third-order valence-electron chi connectivity index (χ3n) is 4.45. The lowest BCUT2D eigenvalue weighted by atomic mass is 10.1. The monoisotopic (exact) mass is 441 g/mol. The molecule has 0 aliphatic carbocycles. The largest absolute Gasteiger partial charge is 0.388 e. The van der Waals surface area contributed by atoms with E-state index in [0.29, 0.717) is 16.6 Å². The van der Waals surface area contributed by atoms with Crippen LogP contribution in [0.15, 0.2) is 42.5 Å². The Hall–Kier alpha value is -2.09. The fourth-order valence-electron chi connectivity index (χ4n) is 2.99. The minimum Gasteiger partial charge on any atom is -0.388 e. The highest BCUT2D eigenvalue weighted by atomic mass is 35.5. The zero-order valence-electron chi connectivity index (χ0n) is 15.4. The standard InChI is InChI=1S/C19H21Cl2N3O.O2S/c1-22-15-6-4-14(5-7-15)3-2-10-23-11-12-24(19(23)25)16-8-9-17(20)18(21)13-16;1-3-2/h4-9,13,22H,2-3,10-12H2,1H3;. The molecule has 150 valence electrons. The lowest BCUT2D eigenvalue weighted by Gasteiger charge is -2.19. The summed E-state index contributed by atoms with van der Waals surface area (Å²) in [5, 5.41) is 4.08. The van der Waals surface area contributed by atoms with Crippen LogP contribution in [0.25, 0.3) is 0 Å². The van der Waals surface area contributed by atoms with Gasteiger partial charge in [0.25, 0.3) is 0 Å². The molecular formula is C19H21Cl2N3O3S. The predicted octanol–water partition coefficient (Wildman–Crippen LogP) is 4.24. The first-order chi connectivity index (χ1) is 13.5. The number of benzene rings is 2. The van der Waals surface area contributed by atoms with Gasteiger partial charge in [-0.2, -0.15) is 8.42 Å². The third kappa shape index (κ3) is 5.95. The average Bonchev–Trinajstić information content (AvgIpc) is 3.06. The molecule has 0 bridgehead atoms. The van der Waals surface area contributed by atoms with Gasteiger partial charge in [0.15, 0.2) is 0 Å². The molecule has 6 nitrogen and oxygen atoms in total. The molecule has 3 rings (SSSR count). The number of rotatable bonds is 6. The highest BCUT2D eigenvalue weighted by Gasteiger charge is 2.29. The molecule has 1 aliphatic heterocycles. The van der Waals surface area contributed by atoms with Crippen LogP contribution < -0.4 is 10.2 Å². The molecule has 28 heavy (non-hydrogen) atoms. The molecular weight excluding hydrogens is 421 g/mol. The van der Waals surface area contributed by atoms with E-state index in [0.717, 1.165) is 37.3 Å². The summed E-state index contributed by atoms with van der Waals surface area (Å²) in [7, 11) is 1.91. The van der Waals surface area contributed by atoms with Gasteiger partial charge in [0.05, 0.1) is 10.0 Å². The third-order valence-corrected chi connectivity index (χ3v) is 5.18. The normalized spacial score (nSPS) is 13.2. The van der Waals surface area contributed by atoms with Gasteiger partial charge >= 0.3 is 17.6 Å². The summed E-state index contributed by atoms with van der Waals surface area (Å²) in [5.41, 5.74) is 3.19. The number of halogens is 2. The minimum atomic E-state index is -0.750. The Morgan fingerprint density at radius 3 is 2.32 bits per heavy atom. The van der Waals surface area contributed by atoms with Crippen molar-refractivity contribution < 1.29 is 13.2 Å². The van der Waals surface area contributed by atoms with Crippen LogP contribution in [-0.2, 0) is 18.0 Å². The van der Waals surface area contributed by atoms with Crippen molar-refractivity contribution in [3.05, 3.63) is 58.1 Å². The number of carbonyl (C=O) groups excluding carboxylic acids is 1. The van der Waals surface area contributed by atoms with Gasteiger partial charge in [-0.25, -0.2) is 4.79 Å². The number of anilines is 2. The Balaban J connectivity index is 0.000000878. The van der Waals surface area contributed by atoms with E-state index in [2.05, 4.69) is 29.6 Å². The zero-order chi connectivity index (χ0) is 20.5. The summed E-state index contributed by atoms with van der Waals surface area (Å²) in [6, 6.07) is 13.7. The number of urea groups is 1. The van der Waals surface area contributed by atoms with E-state index >= 15 is 0 Å².